The van der Waals surface area contributed by atoms with Crippen LogP contribution in [0.1, 0.15) is 25.7 Å². The fourth-order valence-electron chi connectivity index (χ4n) is 2.11. The number of aliphatic carboxylic acids is 1. The second-order valence-corrected chi connectivity index (χ2v) is 5.95. The zero-order valence-electron chi connectivity index (χ0n) is 15.8. The molecule has 14 heteroatoms. The Morgan fingerprint density at radius 1 is 0.931 bits per heavy atom. The Bertz CT molecular complexity index is 634. The molecule has 164 valence electrons. The van der Waals surface area contributed by atoms with E-state index in [0.29, 0.717) is 6.42 Å². The minimum absolute atomic E-state index is 0.0690. The first-order valence-corrected chi connectivity index (χ1v) is 8.69. The number of carboxylic acid groups (broad SMARTS) is 1. The Morgan fingerprint density at radius 3 is 2.07 bits per heavy atom. The molecular formula is C15H28N8O6. The lowest BCUT2D eigenvalue weighted by Crippen LogP contribution is -2.51. The van der Waals surface area contributed by atoms with Gasteiger partial charge in [-0.1, -0.05) is 0 Å². The van der Waals surface area contributed by atoms with Crippen LogP contribution >= 0.6 is 0 Å². The highest BCUT2D eigenvalue weighted by molar-refractivity contribution is 5.92. The lowest BCUT2D eigenvalue weighted by molar-refractivity contribution is -0.142. The zero-order chi connectivity index (χ0) is 22.4. The molecule has 0 aliphatic rings. The van der Waals surface area contributed by atoms with Crippen molar-refractivity contribution in [3.05, 3.63) is 0 Å². The summed E-state index contributed by atoms with van der Waals surface area (Å²) in [5.41, 5.74) is 20.5. The van der Waals surface area contributed by atoms with Crippen LogP contribution in [0.2, 0.25) is 0 Å². The Morgan fingerprint density at radius 2 is 1.55 bits per heavy atom. The van der Waals surface area contributed by atoms with Crippen LogP contribution in [0.25, 0.3) is 0 Å². The Kier molecular flexibility index (Phi) is 12.1. The third-order valence-corrected chi connectivity index (χ3v) is 3.52. The molecule has 0 bridgehead atoms. The van der Waals surface area contributed by atoms with Crippen molar-refractivity contribution in [2.75, 3.05) is 19.6 Å². The van der Waals surface area contributed by atoms with E-state index < -0.39 is 48.2 Å². The molecule has 0 rings (SSSR count). The maximum absolute atomic E-state index is 12.2. The van der Waals surface area contributed by atoms with Gasteiger partial charge in [-0.25, -0.2) is 4.79 Å². The number of carbonyl (C=O) groups excluding carboxylic acids is 4. The molecule has 0 aromatic carbocycles. The van der Waals surface area contributed by atoms with E-state index >= 15 is 0 Å². The van der Waals surface area contributed by atoms with Crippen molar-refractivity contribution in [2.24, 2.45) is 27.9 Å². The number of hydrogen-bond donors (Lipinski definition) is 8. The average Bonchev–Trinajstić information content (AvgIpc) is 2.64. The van der Waals surface area contributed by atoms with Gasteiger partial charge in [-0.2, -0.15) is 0 Å². The highest BCUT2D eigenvalue weighted by atomic mass is 16.4. The van der Waals surface area contributed by atoms with E-state index in [0.717, 1.165) is 0 Å². The van der Waals surface area contributed by atoms with Crippen molar-refractivity contribution in [3.63, 3.8) is 0 Å². The molecule has 0 aromatic heterocycles. The van der Waals surface area contributed by atoms with Crippen molar-refractivity contribution in [1.82, 2.24) is 16.0 Å². The van der Waals surface area contributed by atoms with Crippen molar-refractivity contribution in [1.29, 1.82) is 0 Å². The van der Waals surface area contributed by atoms with Crippen molar-refractivity contribution < 1.29 is 29.1 Å². The number of carbonyl (C=O) groups is 5. The predicted molar refractivity (Wildman–Crippen MR) is 102 cm³/mol. The van der Waals surface area contributed by atoms with Gasteiger partial charge in [0.15, 0.2) is 5.96 Å². The third kappa shape index (κ3) is 12.6. The van der Waals surface area contributed by atoms with Gasteiger partial charge < -0.3 is 44.0 Å². The minimum Gasteiger partial charge on any atom is -0.480 e. The largest absolute Gasteiger partial charge is 0.480 e. The molecule has 0 saturated carbocycles. The maximum Gasteiger partial charge on any atom is 0.326 e. The summed E-state index contributed by atoms with van der Waals surface area (Å²) in [4.78, 5) is 61.3. The first-order chi connectivity index (χ1) is 13.6. The van der Waals surface area contributed by atoms with Crippen molar-refractivity contribution in [3.8, 4) is 0 Å². The van der Waals surface area contributed by atoms with E-state index in [2.05, 4.69) is 20.9 Å². The quantitative estimate of drug-likeness (QED) is 0.0768. The standard InChI is InChI=1S/C15H28N8O6/c16-6-11(25)22-8(3-4-10(17)24)13(27)21-7-12(26)23-9(14(28)29)2-1-5-20-15(18)19/h8-9H,1-7,16H2,(H2,17,24)(H,21,27)(H,22,25)(H,23,26)(H,28,29)(H4,18,19,20)/t8-,9-/m0/s1. The summed E-state index contributed by atoms with van der Waals surface area (Å²) in [6, 6.07) is -2.32. The molecule has 0 fully saturated rings. The number of rotatable bonds is 14. The lowest BCUT2D eigenvalue weighted by atomic mass is 10.1. The molecule has 14 nitrogen and oxygen atoms in total. The van der Waals surface area contributed by atoms with Gasteiger partial charge in [-0.3, -0.25) is 24.2 Å². The van der Waals surface area contributed by atoms with Gasteiger partial charge in [0.1, 0.15) is 12.1 Å². The molecule has 4 amide bonds. The van der Waals surface area contributed by atoms with Gasteiger partial charge in [-0.05, 0) is 19.3 Å². The summed E-state index contributed by atoms with van der Waals surface area (Å²) >= 11 is 0. The van der Waals surface area contributed by atoms with Crippen LogP contribution in [-0.2, 0) is 24.0 Å². The normalized spacial score (nSPS) is 12.2. The lowest BCUT2D eigenvalue weighted by Gasteiger charge is -2.18. The summed E-state index contributed by atoms with van der Waals surface area (Å²) in [6.45, 7) is -0.718. The van der Waals surface area contributed by atoms with Crippen molar-refractivity contribution in [2.45, 2.75) is 37.8 Å². The van der Waals surface area contributed by atoms with Gasteiger partial charge >= 0.3 is 5.97 Å². The number of hydrogen-bond acceptors (Lipinski definition) is 7. The van der Waals surface area contributed by atoms with Crippen LogP contribution in [0.15, 0.2) is 4.99 Å². The molecule has 0 saturated heterocycles. The molecule has 0 heterocycles. The minimum atomic E-state index is -1.26. The van der Waals surface area contributed by atoms with Crippen LogP contribution < -0.4 is 38.9 Å². The number of nitrogens with one attached hydrogen (secondary N) is 3. The highest BCUT2D eigenvalue weighted by Gasteiger charge is 2.23. The number of primary amides is 1. The molecule has 2 atom stereocenters. The van der Waals surface area contributed by atoms with E-state index in [1.165, 1.54) is 0 Å². The first-order valence-electron chi connectivity index (χ1n) is 8.69. The van der Waals surface area contributed by atoms with E-state index in [1.54, 1.807) is 0 Å². The monoisotopic (exact) mass is 416 g/mol. The van der Waals surface area contributed by atoms with E-state index in [9.17, 15) is 24.0 Å². The third-order valence-electron chi connectivity index (χ3n) is 3.52. The molecule has 0 aliphatic heterocycles. The van der Waals surface area contributed by atoms with Crippen molar-refractivity contribution >= 4 is 35.6 Å². The Balaban J connectivity index is 4.64. The molecular weight excluding hydrogens is 388 g/mol. The van der Waals surface area contributed by atoms with Gasteiger partial charge in [0.05, 0.1) is 13.1 Å². The van der Waals surface area contributed by atoms with Gasteiger partial charge in [-0.15, -0.1) is 0 Å². The Hall–Kier alpha value is -3.42. The van der Waals surface area contributed by atoms with E-state index in [4.69, 9.17) is 28.0 Å². The number of carboxylic acids is 1. The van der Waals surface area contributed by atoms with Gasteiger partial charge in [0, 0.05) is 13.0 Å². The Labute approximate surface area is 166 Å². The summed E-state index contributed by atoms with van der Waals surface area (Å²) < 4.78 is 0. The molecule has 0 radical (unpaired) electrons. The molecule has 0 spiro atoms. The number of guanidine groups is 1. The topological polar surface area (TPSA) is 258 Å². The molecule has 12 N–H and O–H groups in total. The van der Waals surface area contributed by atoms with Crippen LogP contribution in [0.4, 0.5) is 0 Å². The van der Waals surface area contributed by atoms with Crippen LogP contribution in [-0.4, -0.2) is 72.4 Å². The number of nitrogens with zero attached hydrogens (tertiary/aromatic N) is 1. The predicted octanol–water partition coefficient (Wildman–Crippen LogP) is -4.57. The van der Waals surface area contributed by atoms with Crippen LogP contribution in [0.3, 0.4) is 0 Å². The second kappa shape index (κ2) is 13.7. The molecule has 29 heavy (non-hydrogen) atoms. The highest BCUT2D eigenvalue weighted by Crippen LogP contribution is 2.00. The fraction of sp³-hybridized carbons (Fsp3) is 0.600. The van der Waals surface area contributed by atoms with E-state index in [1.807, 2.05) is 0 Å². The van der Waals surface area contributed by atoms with Crippen LogP contribution in [0, 0.1) is 0 Å². The van der Waals surface area contributed by atoms with E-state index in [-0.39, 0.29) is 38.3 Å². The summed E-state index contributed by atoms with van der Waals surface area (Å²) in [5, 5.41) is 16.0. The van der Waals surface area contributed by atoms with Gasteiger partial charge in [0.2, 0.25) is 23.6 Å². The van der Waals surface area contributed by atoms with Gasteiger partial charge in [0.25, 0.3) is 0 Å². The molecule has 0 aliphatic carbocycles. The maximum atomic E-state index is 12.2. The zero-order valence-corrected chi connectivity index (χ0v) is 15.8. The number of nitrogens with two attached hydrogens (primary N) is 4. The molecule has 0 unspecified atom stereocenters. The number of aliphatic imine (C=N–C) groups is 1. The SMILES string of the molecule is NCC(=O)N[C@@H](CCC(N)=O)C(=O)NCC(=O)N[C@@H](CCCN=C(N)N)C(=O)O. The molecule has 0 aromatic rings. The average molecular weight is 416 g/mol. The second-order valence-electron chi connectivity index (χ2n) is 5.95. The summed E-state index contributed by atoms with van der Waals surface area (Å²) in [6.07, 6.45) is 0.116. The summed E-state index contributed by atoms with van der Waals surface area (Å²) in [7, 11) is 0. The smallest absolute Gasteiger partial charge is 0.326 e. The number of amides is 4. The fourth-order valence-corrected chi connectivity index (χ4v) is 2.11. The van der Waals surface area contributed by atoms with Crippen LogP contribution in [0.5, 0.6) is 0 Å². The summed E-state index contributed by atoms with van der Waals surface area (Å²) in [5.74, 6) is -4.20. The first kappa shape index (κ1) is 25.6.